The maximum absolute atomic E-state index is 12.2. The largest absolute Gasteiger partial charge is 0.433 e. The van der Waals surface area contributed by atoms with Crippen LogP contribution in [0, 0.1) is 11.8 Å². The van der Waals surface area contributed by atoms with E-state index in [1.807, 2.05) is 0 Å². The van der Waals surface area contributed by atoms with Crippen molar-refractivity contribution in [2.24, 2.45) is 11.8 Å². The van der Waals surface area contributed by atoms with Crippen molar-refractivity contribution in [3.05, 3.63) is 23.2 Å². The molecule has 0 aliphatic carbocycles. The number of hydrogen-bond donors (Lipinski definition) is 2. The fourth-order valence-electron chi connectivity index (χ4n) is 2.81. The first kappa shape index (κ1) is 20.9. The summed E-state index contributed by atoms with van der Waals surface area (Å²) in [4.78, 5) is 12.1. The third kappa shape index (κ3) is 6.42. The van der Waals surface area contributed by atoms with E-state index in [0.29, 0.717) is 18.0 Å². The van der Waals surface area contributed by atoms with Crippen molar-refractivity contribution >= 4 is 35.6 Å². The number of ether oxygens (including phenoxy) is 1. The van der Waals surface area contributed by atoms with Gasteiger partial charge in [-0.2, -0.15) is 8.78 Å². The first-order chi connectivity index (χ1) is 11.0. The lowest BCUT2D eigenvalue weighted by Crippen LogP contribution is -2.34. The van der Waals surface area contributed by atoms with Gasteiger partial charge in [0.15, 0.2) is 0 Å². The van der Waals surface area contributed by atoms with Crippen LogP contribution < -0.4 is 15.4 Å². The zero-order valence-electron chi connectivity index (χ0n) is 13.4. The highest BCUT2D eigenvalue weighted by atomic mass is 35.5. The van der Waals surface area contributed by atoms with E-state index in [2.05, 4.69) is 22.3 Å². The molecule has 1 aromatic rings. The molecule has 0 radical (unpaired) electrons. The number of halogens is 4. The number of amides is 1. The smallest absolute Gasteiger partial charge is 0.387 e. The molecule has 8 heteroatoms. The van der Waals surface area contributed by atoms with Crippen molar-refractivity contribution in [1.82, 2.24) is 5.32 Å². The fraction of sp³-hybridized carbons (Fsp3) is 0.562. The Kier molecular flexibility index (Phi) is 8.73. The third-order valence-corrected chi connectivity index (χ3v) is 4.37. The van der Waals surface area contributed by atoms with E-state index in [0.717, 1.165) is 25.9 Å². The van der Waals surface area contributed by atoms with Gasteiger partial charge < -0.3 is 15.4 Å². The van der Waals surface area contributed by atoms with E-state index in [4.69, 9.17) is 11.6 Å². The second-order valence-electron chi connectivity index (χ2n) is 5.86. The maximum atomic E-state index is 12.2. The highest BCUT2D eigenvalue weighted by Gasteiger charge is 2.22. The van der Waals surface area contributed by atoms with Gasteiger partial charge in [0.1, 0.15) is 5.75 Å². The van der Waals surface area contributed by atoms with E-state index >= 15 is 0 Å². The Morgan fingerprint density at radius 1 is 1.50 bits per heavy atom. The topological polar surface area (TPSA) is 50.4 Å². The quantitative estimate of drug-likeness (QED) is 0.769. The minimum Gasteiger partial charge on any atom is -0.433 e. The number of piperidine rings is 1. The van der Waals surface area contributed by atoms with Crippen molar-refractivity contribution in [3.63, 3.8) is 0 Å². The van der Waals surface area contributed by atoms with Crippen LogP contribution in [0.1, 0.15) is 26.2 Å². The molecule has 1 aliphatic heterocycles. The van der Waals surface area contributed by atoms with Crippen LogP contribution >= 0.6 is 24.0 Å². The average Bonchev–Trinajstić information content (AvgIpc) is 2.50. The molecule has 1 fully saturated rings. The number of carbonyl (C=O) groups excluding carboxylic acids is 1. The Labute approximate surface area is 151 Å². The molecular formula is C16H22Cl2F2N2O2. The molecule has 0 spiro atoms. The van der Waals surface area contributed by atoms with Gasteiger partial charge in [0.05, 0.1) is 5.02 Å². The SMILES string of the molecule is CC(CC(=O)Nc1ccc(OC(F)F)c(Cl)c1)C1CCCNC1.Cl. The highest BCUT2D eigenvalue weighted by molar-refractivity contribution is 6.32. The molecule has 2 rings (SSSR count). The van der Waals surface area contributed by atoms with Crippen molar-refractivity contribution in [2.45, 2.75) is 32.8 Å². The van der Waals surface area contributed by atoms with Gasteiger partial charge in [-0.25, -0.2) is 0 Å². The molecule has 136 valence electrons. The zero-order valence-corrected chi connectivity index (χ0v) is 14.9. The maximum Gasteiger partial charge on any atom is 0.387 e. The Morgan fingerprint density at radius 3 is 2.83 bits per heavy atom. The van der Waals surface area contributed by atoms with Gasteiger partial charge in [-0.3, -0.25) is 4.79 Å². The Morgan fingerprint density at radius 2 is 2.25 bits per heavy atom. The van der Waals surface area contributed by atoms with Crippen LogP contribution in [0.15, 0.2) is 18.2 Å². The van der Waals surface area contributed by atoms with Gasteiger partial charge in [-0.05, 0) is 56.0 Å². The zero-order chi connectivity index (χ0) is 16.8. The van der Waals surface area contributed by atoms with Crippen molar-refractivity contribution < 1.29 is 18.3 Å². The van der Waals surface area contributed by atoms with E-state index in [-0.39, 0.29) is 35.0 Å². The van der Waals surface area contributed by atoms with Crippen LogP contribution in [0.3, 0.4) is 0 Å². The molecule has 0 aromatic heterocycles. The molecule has 0 bridgehead atoms. The summed E-state index contributed by atoms with van der Waals surface area (Å²) in [6, 6.07) is 4.22. The number of rotatable bonds is 6. The molecule has 0 saturated carbocycles. The summed E-state index contributed by atoms with van der Waals surface area (Å²) in [5.41, 5.74) is 0.468. The van der Waals surface area contributed by atoms with Crippen LogP contribution in [0.25, 0.3) is 0 Å². The van der Waals surface area contributed by atoms with Crippen molar-refractivity contribution in [2.75, 3.05) is 18.4 Å². The van der Waals surface area contributed by atoms with Gasteiger partial charge in [0.2, 0.25) is 5.91 Å². The molecule has 4 nitrogen and oxygen atoms in total. The molecule has 1 aliphatic rings. The molecule has 2 N–H and O–H groups in total. The number of carbonyl (C=O) groups is 1. The predicted octanol–water partition coefficient (Wildman–Crippen LogP) is 4.33. The Bertz CT molecular complexity index is 541. The molecule has 1 amide bonds. The van der Waals surface area contributed by atoms with E-state index < -0.39 is 6.61 Å². The summed E-state index contributed by atoms with van der Waals surface area (Å²) in [5.74, 6) is 0.558. The van der Waals surface area contributed by atoms with Crippen molar-refractivity contribution in [1.29, 1.82) is 0 Å². The standard InChI is InChI=1S/C16H21ClF2N2O2.ClH/c1-10(11-3-2-6-20-9-11)7-15(22)21-12-4-5-14(13(17)8-12)23-16(18)19;/h4-5,8,10-11,16,20H,2-3,6-7,9H2,1H3,(H,21,22);1H. The lowest BCUT2D eigenvalue weighted by molar-refractivity contribution is -0.117. The second kappa shape index (κ2) is 10.0. The summed E-state index contributed by atoms with van der Waals surface area (Å²) in [5, 5.41) is 6.12. The van der Waals surface area contributed by atoms with Crippen LogP contribution in [0.2, 0.25) is 5.02 Å². The fourth-order valence-corrected chi connectivity index (χ4v) is 3.03. The van der Waals surface area contributed by atoms with Crippen LogP contribution in [0.5, 0.6) is 5.75 Å². The molecule has 1 heterocycles. The normalized spacial score (nSPS) is 18.6. The van der Waals surface area contributed by atoms with E-state index in [1.165, 1.54) is 18.2 Å². The number of benzene rings is 1. The number of anilines is 1. The summed E-state index contributed by atoms with van der Waals surface area (Å²) in [7, 11) is 0. The van der Waals surface area contributed by atoms with Crippen LogP contribution in [-0.2, 0) is 4.79 Å². The number of alkyl halides is 2. The van der Waals surface area contributed by atoms with E-state index in [9.17, 15) is 13.6 Å². The Balaban J connectivity index is 0.00000288. The molecule has 2 atom stereocenters. The first-order valence-corrected chi connectivity index (χ1v) is 8.08. The minimum atomic E-state index is -2.93. The second-order valence-corrected chi connectivity index (χ2v) is 6.27. The molecule has 1 saturated heterocycles. The summed E-state index contributed by atoms with van der Waals surface area (Å²) in [6.07, 6.45) is 2.68. The summed E-state index contributed by atoms with van der Waals surface area (Å²) >= 11 is 5.87. The van der Waals surface area contributed by atoms with Gasteiger partial charge in [0, 0.05) is 12.1 Å². The summed E-state index contributed by atoms with van der Waals surface area (Å²) in [6.45, 7) is 1.13. The Hall–Kier alpha value is -1.11. The van der Waals surface area contributed by atoms with Gasteiger partial charge in [0.25, 0.3) is 0 Å². The van der Waals surface area contributed by atoms with Crippen LogP contribution in [0.4, 0.5) is 14.5 Å². The van der Waals surface area contributed by atoms with Crippen molar-refractivity contribution in [3.8, 4) is 5.75 Å². The summed E-state index contributed by atoms with van der Waals surface area (Å²) < 4.78 is 28.6. The van der Waals surface area contributed by atoms with E-state index in [1.54, 1.807) is 0 Å². The average molecular weight is 383 g/mol. The lowest BCUT2D eigenvalue weighted by Gasteiger charge is -2.28. The minimum absolute atomic E-state index is 0. The lowest BCUT2D eigenvalue weighted by atomic mass is 9.85. The van der Waals surface area contributed by atoms with Crippen LogP contribution in [-0.4, -0.2) is 25.6 Å². The monoisotopic (exact) mass is 382 g/mol. The molecular weight excluding hydrogens is 361 g/mol. The molecule has 2 unspecified atom stereocenters. The highest BCUT2D eigenvalue weighted by Crippen LogP contribution is 2.29. The number of hydrogen-bond acceptors (Lipinski definition) is 3. The van der Waals surface area contributed by atoms with Gasteiger partial charge in [-0.15, -0.1) is 12.4 Å². The molecule has 24 heavy (non-hydrogen) atoms. The molecule has 1 aromatic carbocycles. The third-order valence-electron chi connectivity index (χ3n) is 4.08. The number of nitrogens with one attached hydrogen (secondary N) is 2. The van der Waals surface area contributed by atoms with Gasteiger partial charge in [-0.1, -0.05) is 18.5 Å². The van der Waals surface area contributed by atoms with Gasteiger partial charge >= 0.3 is 6.61 Å². The predicted molar refractivity (Wildman–Crippen MR) is 93.3 cm³/mol. The first-order valence-electron chi connectivity index (χ1n) is 7.70.